The molecular formula is C19H30N2O2. The van der Waals surface area contributed by atoms with Gasteiger partial charge in [0.1, 0.15) is 0 Å². The summed E-state index contributed by atoms with van der Waals surface area (Å²) in [6.07, 6.45) is 1.88. The Morgan fingerprint density at radius 2 is 1.91 bits per heavy atom. The van der Waals surface area contributed by atoms with Gasteiger partial charge in [0.2, 0.25) is 5.91 Å². The fourth-order valence-corrected chi connectivity index (χ4v) is 3.13. The molecular weight excluding hydrogens is 288 g/mol. The zero-order valence-electron chi connectivity index (χ0n) is 14.7. The second kappa shape index (κ2) is 8.46. The Bertz CT molecular complexity index is 481. The highest BCUT2D eigenvalue weighted by molar-refractivity contribution is 5.83. The molecule has 1 aromatic carbocycles. The van der Waals surface area contributed by atoms with Crippen molar-refractivity contribution in [1.82, 2.24) is 10.2 Å². The van der Waals surface area contributed by atoms with Crippen LogP contribution in [0, 0.1) is 0 Å². The van der Waals surface area contributed by atoms with Crippen LogP contribution in [0.25, 0.3) is 0 Å². The monoisotopic (exact) mass is 318 g/mol. The molecule has 0 saturated carbocycles. The van der Waals surface area contributed by atoms with Crippen molar-refractivity contribution in [2.24, 2.45) is 0 Å². The van der Waals surface area contributed by atoms with Crippen LogP contribution < -0.4 is 5.32 Å². The SMILES string of the molecule is CCC[C@H](C(=O)NCC(C)(C)N1CCOCC1)c1ccccc1. The van der Waals surface area contributed by atoms with Crippen LogP contribution in [0.4, 0.5) is 0 Å². The predicted octanol–water partition coefficient (Wildman–Crippen LogP) is 2.80. The van der Waals surface area contributed by atoms with Crippen LogP contribution in [-0.4, -0.2) is 49.2 Å². The summed E-state index contributed by atoms with van der Waals surface area (Å²) in [5, 5.41) is 3.18. The lowest BCUT2D eigenvalue weighted by molar-refractivity contribution is -0.123. The number of benzene rings is 1. The third-order valence-electron chi connectivity index (χ3n) is 4.66. The number of hydrogen-bond acceptors (Lipinski definition) is 3. The third-order valence-corrected chi connectivity index (χ3v) is 4.66. The Morgan fingerprint density at radius 1 is 1.26 bits per heavy atom. The predicted molar refractivity (Wildman–Crippen MR) is 93.6 cm³/mol. The summed E-state index contributed by atoms with van der Waals surface area (Å²) in [7, 11) is 0. The van der Waals surface area contributed by atoms with Crippen molar-refractivity contribution in [3.8, 4) is 0 Å². The summed E-state index contributed by atoms with van der Waals surface area (Å²) in [6.45, 7) is 10.6. The number of morpholine rings is 1. The molecule has 1 fully saturated rings. The van der Waals surface area contributed by atoms with E-state index in [0.29, 0.717) is 6.54 Å². The number of carbonyl (C=O) groups excluding carboxylic acids is 1. The van der Waals surface area contributed by atoms with Gasteiger partial charge in [-0.25, -0.2) is 0 Å². The molecule has 0 unspecified atom stereocenters. The minimum atomic E-state index is -0.0540. The van der Waals surface area contributed by atoms with E-state index in [1.54, 1.807) is 0 Å². The van der Waals surface area contributed by atoms with Crippen molar-refractivity contribution >= 4 is 5.91 Å². The zero-order chi connectivity index (χ0) is 16.7. The molecule has 1 saturated heterocycles. The Morgan fingerprint density at radius 3 is 2.52 bits per heavy atom. The van der Waals surface area contributed by atoms with Crippen molar-refractivity contribution in [1.29, 1.82) is 0 Å². The van der Waals surface area contributed by atoms with Gasteiger partial charge in [0.15, 0.2) is 0 Å². The molecule has 0 aliphatic carbocycles. The molecule has 128 valence electrons. The highest BCUT2D eigenvalue weighted by atomic mass is 16.5. The number of rotatable bonds is 7. The number of amides is 1. The van der Waals surface area contributed by atoms with Crippen LogP contribution in [-0.2, 0) is 9.53 Å². The number of nitrogens with one attached hydrogen (secondary N) is 1. The van der Waals surface area contributed by atoms with E-state index in [4.69, 9.17) is 4.74 Å². The quantitative estimate of drug-likeness (QED) is 0.840. The number of carbonyl (C=O) groups is 1. The van der Waals surface area contributed by atoms with Crippen molar-refractivity contribution in [2.45, 2.75) is 45.1 Å². The lowest BCUT2D eigenvalue weighted by Crippen LogP contribution is -2.55. The molecule has 0 bridgehead atoms. The number of hydrogen-bond donors (Lipinski definition) is 1. The molecule has 1 aliphatic rings. The van der Waals surface area contributed by atoms with Gasteiger partial charge < -0.3 is 10.1 Å². The van der Waals surface area contributed by atoms with Gasteiger partial charge in [0, 0.05) is 25.2 Å². The highest BCUT2D eigenvalue weighted by Gasteiger charge is 2.29. The molecule has 23 heavy (non-hydrogen) atoms. The summed E-state index contributed by atoms with van der Waals surface area (Å²) in [5.74, 6) is 0.0843. The lowest BCUT2D eigenvalue weighted by Gasteiger charge is -2.41. The van der Waals surface area contributed by atoms with E-state index in [9.17, 15) is 4.79 Å². The second-order valence-electron chi connectivity index (χ2n) is 6.88. The van der Waals surface area contributed by atoms with E-state index in [2.05, 4.69) is 31.0 Å². The zero-order valence-corrected chi connectivity index (χ0v) is 14.7. The summed E-state index contributed by atoms with van der Waals surface area (Å²) >= 11 is 0. The first-order valence-electron chi connectivity index (χ1n) is 8.70. The van der Waals surface area contributed by atoms with Crippen molar-refractivity contribution in [2.75, 3.05) is 32.8 Å². The molecule has 1 atom stereocenters. The minimum Gasteiger partial charge on any atom is -0.379 e. The average Bonchev–Trinajstić information content (AvgIpc) is 2.59. The van der Waals surface area contributed by atoms with Crippen molar-refractivity contribution in [3.63, 3.8) is 0 Å². The fraction of sp³-hybridized carbons (Fsp3) is 0.632. The molecule has 1 N–H and O–H groups in total. The van der Waals surface area contributed by atoms with Gasteiger partial charge in [0.25, 0.3) is 0 Å². The number of nitrogens with zero attached hydrogens (tertiary/aromatic N) is 1. The van der Waals surface area contributed by atoms with Crippen LogP contribution in [0.1, 0.15) is 45.1 Å². The first kappa shape index (κ1) is 18.0. The summed E-state index contributed by atoms with van der Waals surface area (Å²) in [4.78, 5) is 15.1. The molecule has 0 spiro atoms. The normalized spacial score (nSPS) is 17.7. The van der Waals surface area contributed by atoms with E-state index in [-0.39, 0.29) is 17.4 Å². The molecule has 2 rings (SSSR count). The Kier molecular flexibility index (Phi) is 6.60. The largest absolute Gasteiger partial charge is 0.379 e. The van der Waals surface area contributed by atoms with Gasteiger partial charge in [-0.15, -0.1) is 0 Å². The minimum absolute atomic E-state index is 0.0487. The van der Waals surface area contributed by atoms with Crippen molar-refractivity contribution < 1.29 is 9.53 Å². The van der Waals surface area contributed by atoms with E-state index in [1.807, 2.05) is 30.3 Å². The van der Waals surface area contributed by atoms with Gasteiger partial charge in [-0.05, 0) is 25.8 Å². The average molecular weight is 318 g/mol. The molecule has 0 aromatic heterocycles. The summed E-state index contributed by atoms with van der Waals surface area (Å²) in [6, 6.07) is 10.1. The Labute approximate surface area is 140 Å². The maximum Gasteiger partial charge on any atom is 0.227 e. The smallest absolute Gasteiger partial charge is 0.227 e. The highest BCUT2D eigenvalue weighted by Crippen LogP contribution is 2.22. The van der Waals surface area contributed by atoms with Crippen LogP contribution in [0.2, 0.25) is 0 Å². The molecule has 4 heteroatoms. The first-order valence-corrected chi connectivity index (χ1v) is 8.70. The van der Waals surface area contributed by atoms with E-state index in [1.165, 1.54) is 0 Å². The Hall–Kier alpha value is -1.39. The maximum atomic E-state index is 12.7. The Balaban J connectivity index is 1.95. The summed E-state index contributed by atoms with van der Waals surface area (Å²) in [5.41, 5.74) is 1.06. The number of ether oxygens (including phenoxy) is 1. The van der Waals surface area contributed by atoms with E-state index < -0.39 is 0 Å². The maximum absolute atomic E-state index is 12.7. The van der Waals surface area contributed by atoms with Gasteiger partial charge in [-0.2, -0.15) is 0 Å². The second-order valence-corrected chi connectivity index (χ2v) is 6.88. The van der Waals surface area contributed by atoms with Crippen LogP contribution in [0.15, 0.2) is 30.3 Å². The van der Waals surface area contributed by atoms with E-state index >= 15 is 0 Å². The molecule has 1 heterocycles. The van der Waals surface area contributed by atoms with Gasteiger partial charge >= 0.3 is 0 Å². The molecule has 1 aliphatic heterocycles. The van der Waals surface area contributed by atoms with Crippen LogP contribution in [0.5, 0.6) is 0 Å². The first-order chi connectivity index (χ1) is 11.0. The standard InChI is InChI=1S/C19H30N2O2/c1-4-8-17(16-9-6-5-7-10-16)18(22)20-15-19(2,3)21-11-13-23-14-12-21/h5-7,9-10,17H,4,8,11-15H2,1-3H3,(H,20,22)/t17-/m0/s1. The van der Waals surface area contributed by atoms with Gasteiger partial charge in [-0.3, -0.25) is 9.69 Å². The fourth-order valence-electron chi connectivity index (χ4n) is 3.13. The van der Waals surface area contributed by atoms with Crippen molar-refractivity contribution in [3.05, 3.63) is 35.9 Å². The lowest BCUT2D eigenvalue weighted by atomic mass is 9.93. The van der Waals surface area contributed by atoms with E-state index in [0.717, 1.165) is 44.7 Å². The summed E-state index contributed by atoms with van der Waals surface area (Å²) < 4.78 is 5.42. The van der Waals surface area contributed by atoms with Gasteiger partial charge in [-0.1, -0.05) is 43.7 Å². The van der Waals surface area contributed by atoms with Gasteiger partial charge in [0.05, 0.1) is 19.1 Å². The van der Waals surface area contributed by atoms with Crippen LogP contribution >= 0.6 is 0 Å². The topological polar surface area (TPSA) is 41.6 Å². The molecule has 4 nitrogen and oxygen atoms in total. The molecule has 0 radical (unpaired) electrons. The molecule has 1 aromatic rings. The van der Waals surface area contributed by atoms with Crippen LogP contribution in [0.3, 0.4) is 0 Å². The molecule has 1 amide bonds. The third kappa shape index (κ3) is 5.05.